The number of anilines is 1. The molecule has 0 unspecified atom stereocenters. The lowest BCUT2D eigenvalue weighted by atomic mass is 9.81. The number of nitrogens with zero attached hydrogens (tertiary/aromatic N) is 1. The first-order valence-corrected chi connectivity index (χ1v) is 7.31. The number of amides is 1. The molecule has 0 aliphatic heterocycles. The van der Waals surface area contributed by atoms with Crippen LogP contribution in [0.5, 0.6) is 0 Å². The van der Waals surface area contributed by atoms with Crippen molar-refractivity contribution in [3.05, 3.63) is 35.9 Å². The van der Waals surface area contributed by atoms with Gasteiger partial charge in [-0.15, -0.1) is 0 Å². The van der Waals surface area contributed by atoms with E-state index in [0.29, 0.717) is 11.5 Å². The van der Waals surface area contributed by atoms with Crippen molar-refractivity contribution in [3.8, 4) is 0 Å². The van der Waals surface area contributed by atoms with Crippen LogP contribution in [0.4, 0.5) is 5.69 Å². The molecule has 1 aliphatic carbocycles. The summed E-state index contributed by atoms with van der Waals surface area (Å²) in [6.07, 6.45) is 6.37. The molecule has 1 aromatic carbocycles. The van der Waals surface area contributed by atoms with Gasteiger partial charge in [0.1, 0.15) is 0 Å². The first kappa shape index (κ1) is 14.6. The van der Waals surface area contributed by atoms with Gasteiger partial charge in [0, 0.05) is 30.9 Å². The van der Waals surface area contributed by atoms with Crippen LogP contribution in [0.1, 0.15) is 48.0 Å². The van der Waals surface area contributed by atoms with E-state index in [4.69, 9.17) is 5.73 Å². The third-order valence-electron chi connectivity index (χ3n) is 4.21. The number of rotatable bonds is 4. The van der Waals surface area contributed by atoms with Gasteiger partial charge in [0.15, 0.2) is 0 Å². The van der Waals surface area contributed by atoms with Crippen molar-refractivity contribution < 1.29 is 4.79 Å². The smallest absolute Gasteiger partial charge is 0.248 e. The molecule has 1 aliphatic rings. The summed E-state index contributed by atoms with van der Waals surface area (Å²) in [4.78, 5) is 13.4. The molecule has 0 bridgehead atoms. The van der Waals surface area contributed by atoms with Gasteiger partial charge in [0.05, 0.1) is 0 Å². The van der Waals surface area contributed by atoms with E-state index in [0.717, 1.165) is 11.3 Å². The maximum atomic E-state index is 11.3. The van der Waals surface area contributed by atoms with Crippen molar-refractivity contribution in [1.82, 2.24) is 0 Å². The molecule has 3 nitrogen and oxygen atoms in total. The Labute approximate surface area is 121 Å². The molecule has 2 rings (SSSR count). The molecule has 108 valence electrons. The Kier molecular flexibility index (Phi) is 4.48. The first-order chi connectivity index (χ1) is 9.50. The van der Waals surface area contributed by atoms with Gasteiger partial charge in [0.2, 0.25) is 5.91 Å². The largest absolute Gasteiger partial charge is 0.377 e. The monoisotopic (exact) mass is 272 g/mol. The number of nitrogens with two attached hydrogens (primary N) is 1. The molecule has 0 saturated heterocycles. The number of benzene rings is 1. The lowest BCUT2D eigenvalue weighted by Gasteiger charge is -2.27. The highest BCUT2D eigenvalue weighted by Crippen LogP contribution is 2.37. The zero-order valence-corrected chi connectivity index (χ0v) is 12.5. The Morgan fingerprint density at radius 2 is 1.90 bits per heavy atom. The third kappa shape index (κ3) is 3.03. The summed E-state index contributed by atoms with van der Waals surface area (Å²) in [5.74, 6) is 0.185. The second kappa shape index (κ2) is 6.12. The van der Waals surface area contributed by atoms with E-state index in [1.807, 2.05) is 31.1 Å². The number of primary amides is 1. The lowest BCUT2D eigenvalue weighted by Crippen LogP contribution is -2.17. The molecule has 0 aromatic heterocycles. The van der Waals surface area contributed by atoms with Crippen LogP contribution < -0.4 is 10.6 Å². The fraction of sp³-hybridized carbons (Fsp3) is 0.471. The van der Waals surface area contributed by atoms with Crippen molar-refractivity contribution in [2.45, 2.75) is 32.1 Å². The van der Waals surface area contributed by atoms with Crippen LogP contribution in [0.25, 0.3) is 5.57 Å². The van der Waals surface area contributed by atoms with E-state index in [9.17, 15) is 4.79 Å². The van der Waals surface area contributed by atoms with Crippen LogP contribution in [-0.4, -0.2) is 20.0 Å². The molecular weight excluding hydrogens is 248 g/mol. The number of allylic oxidation sites excluding steroid dienone is 1. The van der Waals surface area contributed by atoms with Crippen molar-refractivity contribution in [1.29, 1.82) is 0 Å². The Morgan fingerprint density at radius 3 is 2.45 bits per heavy atom. The van der Waals surface area contributed by atoms with Crippen LogP contribution in [0.15, 0.2) is 24.8 Å². The summed E-state index contributed by atoms with van der Waals surface area (Å²) in [6, 6.07) is 5.66. The van der Waals surface area contributed by atoms with Gasteiger partial charge in [-0.2, -0.15) is 0 Å². The molecular formula is C17H24N2O. The van der Waals surface area contributed by atoms with E-state index < -0.39 is 0 Å². The van der Waals surface area contributed by atoms with Crippen molar-refractivity contribution in [3.63, 3.8) is 0 Å². The SMILES string of the molecule is C=C(c1ccc(C(N)=O)cc1N(C)C)C1CCCCC1. The van der Waals surface area contributed by atoms with Gasteiger partial charge in [-0.25, -0.2) is 0 Å². The Hall–Kier alpha value is -1.77. The number of carbonyl (C=O) groups excluding carboxylic acids is 1. The minimum Gasteiger partial charge on any atom is -0.377 e. The minimum atomic E-state index is -0.386. The van der Waals surface area contributed by atoms with E-state index in [-0.39, 0.29) is 5.91 Å². The quantitative estimate of drug-likeness (QED) is 0.912. The lowest BCUT2D eigenvalue weighted by molar-refractivity contribution is 0.100. The van der Waals surface area contributed by atoms with Crippen molar-refractivity contribution in [2.75, 3.05) is 19.0 Å². The zero-order chi connectivity index (χ0) is 14.7. The highest BCUT2D eigenvalue weighted by Gasteiger charge is 2.20. The molecule has 1 fully saturated rings. The summed E-state index contributed by atoms with van der Waals surface area (Å²) in [7, 11) is 3.97. The normalized spacial score (nSPS) is 15.9. The summed E-state index contributed by atoms with van der Waals surface area (Å²) >= 11 is 0. The third-order valence-corrected chi connectivity index (χ3v) is 4.21. The molecule has 0 radical (unpaired) electrons. The zero-order valence-electron chi connectivity index (χ0n) is 12.5. The number of carbonyl (C=O) groups is 1. The Morgan fingerprint density at radius 1 is 1.25 bits per heavy atom. The summed E-state index contributed by atoms with van der Waals surface area (Å²) in [6.45, 7) is 4.32. The predicted octanol–water partition coefficient (Wildman–Crippen LogP) is 3.45. The van der Waals surface area contributed by atoms with Gasteiger partial charge in [-0.1, -0.05) is 31.9 Å². The van der Waals surface area contributed by atoms with Crippen molar-refractivity contribution >= 4 is 17.2 Å². The van der Waals surface area contributed by atoms with Crippen LogP contribution in [-0.2, 0) is 0 Å². The topological polar surface area (TPSA) is 46.3 Å². The maximum Gasteiger partial charge on any atom is 0.248 e. The maximum absolute atomic E-state index is 11.3. The molecule has 1 saturated carbocycles. The Bertz CT molecular complexity index is 514. The van der Waals surface area contributed by atoms with Crippen LogP contribution >= 0.6 is 0 Å². The van der Waals surface area contributed by atoms with Crippen LogP contribution in [0.2, 0.25) is 0 Å². The summed E-state index contributed by atoms with van der Waals surface area (Å²) in [5.41, 5.74) is 9.29. The minimum absolute atomic E-state index is 0.386. The fourth-order valence-corrected chi connectivity index (χ4v) is 3.00. The van der Waals surface area contributed by atoms with Gasteiger partial charge >= 0.3 is 0 Å². The average Bonchev–Trinajstić information content (AvgIpc) is 2.46. The second-order valence-electron chi connectivity index (χ2n) is 5.85. The van der Waals surface area contributed by atoms with Gasteiger partial charge in [-0.3, -0.25) is 4.79 Å². The van der Waals surface area contributed by atoms with Crippen LogP contribution in [0, 0.1) is 5.92 Å². The fourth-order valence-electron chi connectivity index (χ4n) is 3.00. The molecule has 1 amide bonds. The second-order valence-corrected chi connectivity index (χ2v) is 5.85. The van der Waals surface area contributed by atoms with Crippen LogP contribution in [0.3, 0.4) is 0 Å². The van der Waals surface area contributed by atoms with Gasteiger partial charge in [-0.05, 0) is 36.5 Å². The summed E-state index contributed by atoms with van der Waals surface area (Å²) < 4.78 is 0. The van der Waals surface area contributed by atoms with Gasteiger partial charge < -0.3 is 10.6 Å². The summed E-state index contributed by atoms with van der Waals surface area (Å²) in [5, 5.41) is 0. The molecule has 20 heavy (non-hydrogen) atoms. The predicted molar refractivity (Wildman–Crippen MR) is 84.9 cm³/mol. The molecule has 0 spiro atoms. The van der Waals surface area contributed by atoms with E-state index >= 15 is 0 Å². The molecule has 2 N–H and O–H groups in total. The van der Waals surface area contributed by atoms with E-state index in [2.05, 4.69) is 6.58 Å². The van der Waals surface area contributed by atoms with E-state index in [1.165, 1.54) is 37.7 Å². The number of hydrogen-bond acceptors (Lipinski definition) is 2. The highest BCUT2D eigenvalue weighted by molar-refractivity contribution is 5.95. The number of hydrogen-bond donors (Lipinski definition) is 1. The average molecular weight is 272 g/mol. The van der Waals surface area contributed by atoms with Gasteiger partial charge in [0.25, 0.3) is 0 Å². The molecule has 3 heteroatoms. The van der Waals surface area contributed by atoms with E-state index in [1.54, 1.807) is 6.07 Å². The molecule has 1 aromatic rings. The first-order valence-electron chi connectivity index (χ1n) is 7.31. The molecule has 0 atom stereocenters. The Balaban J connectivity index is 2.34. The van der Waals surface area contributed by atoms with Crippen molar-refractivity contribution in [2.24, 2.45) is 11.7 Å². The molecule has 0 heterocycles. The standard InChI is InChI=1S/C17H24N2O/c1-12(13-7-5-4-6-8-13)15-10-9-14(17(18)20)11-16(15)19(2)3/h9-11,13H,1,4-8H2,2-3H3,(H2,18,20). The highest BCUT2D eigenvalue weighted by atomic mass is 16.1.